The van der Waals surface area contributed by atoms with Crippen LogP contribution in [0.2, 0.25) is 0 Å². The van der Waals surface area contributed by atoms with E-state index >= 15 is 0 Å². The van der Waals surface area contributed by atoms with Crippen molar-refractivity contribution in [2.45, 2.75) is 11.3 Å². The number of carbonyl (C=O) groups is 2. The number of carbonyl (C=O) groups excluding carboxylic acids is 1. The first-order chi connectivity index (χ1) is 9.58. The molecule has 0 spiro atoms. The molecule has 5 nitrogen and oxygen atoms in total. The number of nitrogens with one attached hydrogen (secondary N) is 1. The molecule has 1 aromatic rings. The molecule has 0 fully saturated rings. The lowest BCUT2D eigenvalue weighted by atomic mass is 10.4. The molecule has 0 radical (unpaired) electrons. The first-order valence-electron chi connectivity index (χ1n) is 6.43. The molecule has 0 saturated carbocycles. The van der Waals surface area contributed by atoms with E-state index in [0.717, 1.165) is 5.75 Å². The molecule has 0 aromatic heterocycles. The second-order valence-electron chi connectivity index (χ2n) is 4.39. The molecule has 0 heterocycles. The van der Waals surface area contributed by atoms with Crippen LogP contribution in [0.4, 0.5) is 0 Å². The Morgan fingerprint density at radius 3 is 2.65 bits per heavy atom. The highest BCUT2D eigenvalue weighted by atomic mass is 32.2. The zero-order chi connectivity index (χ0) is 14.8. The van der Waals surface area contributed by atoms with Crippen molar-refractivity contribution < 1.29 is 14.7 Å². The molecule has 110 valence electrons. The van der Waals surface area contributed by atoms with Gasteiger partial charge in [0.1, 0.15) is 0 Å². The largest absolute Gasteiger partial charge is 0.481 e. The fourth-order valence-electron chi connectivity index (χ4n) is 1.54. The number of likely N-dealkylation sites (N-methyl/N-ethyl adjacent to an activating group) is 1. The minimum absolute atomic E-state index is 0.0492. The molecule has 20 heavy (non-hydrogen) atoms. The number of aliphatic carboxylic acids is 1. The second kappa shape index (κ2) is 9.39. The van der Waals surface area contributed by atoms with Crippen LogP contribution in [0.5, 0.6) is 0 Å². The van der Waals surface area contributed by atoms with E-state index in [9.17, 15) is 9.59 Å². The Balaban J connectivity index is 2.09. The average Bonchev–Trinajstić information content (AvgIpc) is 2.42. The third-order valence-corrected chi connectivity index (χ3v) is 3.57. The van der Waals surface area contributed by atoms with E-state index < -0.39 is 5.97 Å². The van der Waals surface area contributed by atoms with Crippen LogP contribution >= 0.6 is 11.8 Å². The summed E-state index contributed by atoms with van der Waals surface area (Å²) in [4.78, 5) is 24.9. The number of benzene rings is 1. The van der Waals surface area contributed by atoms with Gasteiger partial charge in [-0.15, -0.1) is 11.8 Å². The maximum Gasteiger partial charge on any atom is 0.304 e. The highest BCUT2D eigenvalue weighted by Gasteiger charge is 2.07. The summed E-state index contributed by atoms with van der Waals surface area (Å²) in [5.74, 6) is -0.114. The third-order valence-electron chi connectivity index (χ3n) is 2.56. The van der Waals surface area contributed by atoms with Gasteiger partial charge in [0, 0.05) is 23.7 Å². The van der Waals surface area contributed by atoms with Gasteiger partial charge in [-0.2, -0.15) is 0 Å². The smallest absolute Gasteiger partial charge is 0.304 e. The highest BCUT2D eigenvalue weighted by Crippen LogP contribution is 2.15. The summed E-state index contributed by atoms with van der Waals surface area (Å²) in [5.41, 5.74) is 0. The molecular weight excluding hydrogens is 276 g/mol. The van der Waals surface area contributed by atoms with E-state index in [4.69, 9.17) is 5.11 Å². The summed E-state index contributed by atoms with van der Waals surface area (Å²) in [6, 6.07) is 10.0. The van der Waals surface area contributed by atoms with E-state index in [1.54, 1.807) is 23.7 Å². The van der Waals surface area contributed by atoms with Crippen LogP contribution in [0.15, 0.2) is 35.2 Å². The van der Waals surface area contributed by atoms with E-state index in [2.05, 4.69) is 5.32 Å². The number of hydrogen-bond acceptors (Lipinski definition) is 4. The van der Waals surface area contributed by atoms with Crippen LogP contribution in [0, 0.1) is 0 Å². The molecule has 0 aliphatic carbocycles. The van der Waals surface area contributed by atoms with Crippen LogP contribution in [-0.2, 0) is 9.59 Å². The zero-order valence-electron chi connectivity index (χ0n) is 11.5. The van der Waals surface area contributed by atoms with Crippen LogP contribution < -0.4 is 5.32 Å². The molecule has 6 heteroatoms. The van der Waals surface area contributed by atoms with Crippen molar-refractivity contribution in [1.82, 2.24) is 10.2 Å². The molecule has 2 N–H and O–H groups in total. The number of nitrogens with zero attached hydrogens (tertiary/aromatic N) is 1. The Morgan fingerprint density at radius 2 is 2.00 bits per heavy atom. The van der Waals surface area contributed by atoms with Crippen LogP contribution in [0.1, 0.15) is 6.42 Å². The van der Waals surface area contributed by atoms with E-state index in [-0.39, 0.29) is 18.9 Å². The van der Waals surface area contributed by atoms with Gasteiger partial charge < -0.3 is 10.4 Å². The van der Waals surface area contributed by atoms with Crippen molar-refractivity contribution in [3.05, 3.63) is 30.3 Å². The molecule has 1 amide bonds. The summed E-state index contributed by atoms with van der Waals surface area (Å²) >= 11 is 1.69. The number of rotatable bonds is 9. The van der Waals surface area contributed by atoms with Gasteiger partial charge >= 0.3 is 5.97 Å². The van der Waals surface area contributed by atoms with E-state index in [1.807, 2.05) is 30.3 Å². The van der Waals surface area contributed by atoms with Gasteiger partial charge in [0.25, 0.3) is 0 Å². The standard InChI is InChI=1S/C14H20N2O3S/c1-16(9-7-14(18)19)11-13(17)15-8-10-20-12-5-3-2-4-6-12/h2-6H,7-11H2,1H3,(H,15,17)(H,18,19). The molecule has 0 saturated heterocycles. The molecule has 1 aromatic carbocycles. The Morgan fingerprint density at radius 1 is 1.30 bits per heavy atom. The van der Waals surface area contributed by atoms with Gasteiger partial charge in [-0.05, 0) is 19.2 Å². The predicted octanol–water partition coefficient (Wildman–Crippen LogP) is 1.30. The molecule has 0 unspecified atom stereocenters. The highest BCUT2D eigenvalue weighted by molar-refractivity contribution is 7.99. The Labute approximate surface area is 123 Å². The summed E-state index contributed by atoms with van der Waals surface area (Å²) in [7, 11) is 1.74. The number of thioether (sulfide) groups is 1. The normalized spacial score (nSPS) is 10.5. The average molecular weight is 296 g/mol. The molecule has 1 rings (SSSR count). The van der Waals surface area contributed by atoms with Crippen molar-refractivity contribution >= 4 is 23.6 Å². The number of carboxylic acids is 1. The van der Waals surface area contributed by atoms with Crippen molar-refractivity contribution in [2.75, 3.05) is 32.4 Å². The first kappa shape index (κ1) is 16.5. The van der Waals surface area contributed by atoms with E-state index in [0.29, 0.717) is 13.1 Å². The molecule has 0 bridgehead atoms. The van der Waals surface area contributed by atoms with Gasteiger partial charge in [-0.25, -0.2) is 0 Å². The van der Waals surface area contributed by atoms with Crippen molar-refractivity contribution in [1.29, 1.82) is 0 Å². The fourth-order valence-corrected chi connectivity index (χ4v) is 2.33. The van der Waals surface area contributed by atoms with Crippen molar-refractivity contribution in [3.8, 4) is 0 Å². The molecule has 0 aliphatic heterocycles. The molecule has 0 atom stereocenters. The van der Waals surface area contributed by atoms with Crippen LogP contribution in [0.25, 0.3) is 0 Å². The Hall–Kier alpha value is -1.53. The third kappa shape index (κ3) is 7.81. The number of amides is 1. The summed E-state index contributed by atoms with van der Waals surface area (Å²) < 4.78 is 0. The topological polar surface area (TPSA) is 69.6 Å². The zero-order valence-corrected chi connectivity index (χ0v) is 12.4. The first-order valence-corrected chi connectivity index (χ1v) is 7.41. The minimum Gasteiger partial charge on any atom is -0.481 e. The Bertz CT molecular complexity index is 426. The molecular formula is C14H20N2O3S. The van der Waals surface area contributed by atoms with Gasteiger partial charge in [0.2, 0.25) is 5.91 Å². The van der Waals surface area contributed by atoms with Crippen molar-refractivity contribution in [2.24, 2.45) is 0 Å². The van der Waals surface area contributed by atoms with Crippen molar-refractivity contribution in [3.63, 3.8) is 0 Å². The summed E-state index contributed by atoms with van der Waals surface area (Å²) in [6.07, 6.45) is 0.0492. The fraction of sp³-hybridized carbons (Fsp3) is 0.429. The van der Waals surface area contributed by atoms with E-state index in [1.165, 1.54) is 4.90 Å². The quantitative estimate of drug-likeness (QED) is 0.531. The summed E-state index contributed by atoms with van der Waals surface area (Å²) in [6.45, 7) is 1.20. The maximum absolute atomic E-state index is 11.6. The predicted molar refractivity (Wildman–Crippen MR) is 79.9 cm³/mol. The number of hydrogen-bond donors (Lipinski definition) is 2. The lowest BCUT2D eigenvalue weighted by Crippen LogP contribution is -2.37. The Kier molecular flexibility index (Phi) is 7.75. The monoisotopic (exact) mass is 296 g/mol. The van der Waals surface area contributed by atoms with Gasteiger partial charge in [0.15, 0.2) is 0 Å². The van der Waals surface area contributed by atoms with Gasteiger partial charge in [0.05, 0.1) is 13.0 Å². The van der Waals surface area contributed by atoms with Crippen LogP contribution in [-0.4, -0.2) is 54.3 Å². The lowest BCUT2D eigenvalue weighted by molar-refractivity contribution is -0.137. The number of carboxylic acid groups (broad SMARTS) is 1. The van der Waals surface area contributed by atoms with Crippen LogP contribution in [0.3, 0.4) is 0 Å². The molecule has 0 aliphatic rings. The van der Waals surface area contributed by atoms with Gasteiger partial charge in [-0.3, -0.25) is 14.5 Å². The second-order valence-corrected chi connectivity index (χ2v) is 5.56. The summed E-state index contributed by atoms with van der Waals surface area (Å²) in [5, 5.41) is 11.4. The SMILES string of the molecule is CN(CCC(=O)O)CC(=O)NCCSc1ccccc1. The maximum atomic E-state index is 11.6. The van der Waals surface area contributed by atoms with Gasteiger partial charge in [-0.1, -0.05) is 18.2 Å². The lowest BCUT2D eigenvalue weighted by Gasteiger charge is -2.14. The minimum atomic E-state index is -0.850.